The Morgan fingerprint density at radius 2 is 2.00 bits per heavy atom. The molecule has 1 aromatic carbocycles. The van der Waals surface area contributed by atoms with Crippen molar-refractivity contribution in [2.75, 3.05) is 33.3 Å². The van der Waals surface area contributed by atoms with E-state index in [1.807, 2.05) is 12.1 Å². The molecule has 0 saturated carbocycles. The predicted octanol–water partition coefficient (Wildman–Crippen LogP) is 3.34. The van der Waals surface area contributed by atoms with Gasteiger partial charge >= 0.3 is 0 Å². The Balaban J connectivity index is 2.31. The largest absolute Gasteiger partial charge is 0.496 e. The van der Waals surface area contributed by atoms with Crippen LogP contribution in [-0.4, -0.2) is 38.2 Å². The van der Waals surface area contributed by atoms with Crippen LogP contribution in [0, 0.1) is 5.92 Å². The van der Waals surface area contributed by atoms with Crippen LogP contribution in [0.1, 0.15) is 31.9 Å². The van der Waals surface area contributed by atoms with E-state index in [-0.39, 0.29) is 0 Å². The fourth-order valence-electron chi connectivity index (χ4n) is 2.88. The van der Waals surface area contributed by atoms with E-state index in [1.165, 1.54) is 5.56 Å². The Kier molecular flexibility index (Phi) is 5.70. The molecule has 1 fully saturated rings. The van der Waals surface area contributed by atoms with Crippen molar-refractivity contribution >= 4 is 11.6 Å². The van der Waals surface area contributed by atoms with Crippen LogP contribution >= 0.6 is 11.6 Å². The van der Waals surface area contributed by atoms with Gasteiger partial charge in [-0.25, -0.2) is 0 Å². The molecule has 0 spiro atoms. The zero-order chi connectivity index (χ0) is 14.5. The first kappa shape index (κ1) is 15.6. The SMILES string of the molecule is COc1ccc(Cl)cc1[C@H](CC(C)C)N1CCNCC1. The van der Waals surface area contributed by atoms with Crippen molar-refractivity contribution < 1.29 is 4.74 Å². The Morgan fingerprint density at radius 1 is 1.30 bits per heavy atom. The number of nitrogens with one attached hydrogen (secondary N) is 1. The number of hydrogen-bond donors (Lipinski definition) is 1. The maximum Gasteiger partial charge on any atom is 0.123 e. The fourth-order valence-corrected chi connectivity index (χ4v) is 3.06. The summed E-state index contributed by atoms with van der Waals surface area (Å²) in [6.45, 7) is 8.80. The third-order valence-electron chi connectivity index (χ3n) is 3.84. The van der Waals surface area contributed by atoms with Gasteiger partial charge in [-0.1, -0.05) is 25.4 Å². The first-order valence-electron chi connectivity index (χ1n) is 7.40. The standard InChI is InChI=1S/C16H25ClN2O/c1-12(2)10-15(19-8-6-18-7-9-19)14-11-13(17)4-5-16(14)20-3/h4-5,11-12,15,18H,6-10H2,1-3H3/t15-/m0/s1. The van der Waals surface area contributed by atoms with Gasteiger partial charge < -0.3 is 10.1 Å². The summed E-state index contributed by atoms with van der Waals surface area (Å²) in [7, 11) is 1.73. The van der Waals surface area contributed by atoms with Crippen LogP contribution in [0.25, 0.3) is 0 Å². The van der Waals surface area contributed by atoms with Crippen LogP contribution in [0.3, 0.4) is 0 Å². The Labute approximate surface area is 127 Å². The summed E-state index contributed by atoms with van der Waals surface area (Å²) in [5.41, 5.74) is 1.22. The number of benzene rings is 1. The number of nitrogens with zero attached hydrogens (tertiary/aromatic N) is 1. The number of ether oxygens (including phenoxy) is 1. The van der Waals surface area contributed by atoms with E-state index in [4.69, 9.17) is 16.3 Å². The van der Waals surface area contributed by atoms with Gasteiger partial charge in [0.15, 0.2) is 0 Å². The van der Waals surface area contributed by atoms with Gasteiger partial charge in [-0.2, -0.15) is 0 Å². The molecule has 0 radical (unpaired) electrons. The van der Waals surface area contributed by atoms with E-state index in [9.17, 15) is 0 Å². The number of halogens is 1. The highest BCUT2D eigenvalue weighted by Gasteiger charge is 2.25. The molecule has 20 heavy (non-hydrogen) atoms. The molecule has 4 heteroatoms. The molecular weight excluding hydrogens is 272 g/mol. The van der Waals surface area contributed by atoms with Crippen LogP contribution in [0.5, 0.6) is 5.75 Å². The summed E-state index contributed by atoms with van der Waals surface area (Å²) in [5.74, 6) is 1.58. The first-order chi connectivity index (χ1) is 9.61. The van der Waals surface area contributed by atoms with Crippen molar-refractivity contribution in [3.05, 3.63) is 28.8 Å². The highest BCUT2D eigenvalue weighted by atomic mass is 35.5. The summed E-state index contributed by atoms with van der Waals surface area (Å²) in [5, 5.41) is 4.20. The van der Waals surface area contributed by atoms with Crippen molar-refractivity contribution in [1.29, 1.82) is 0 Å². The molecule has 112 valence electrons. The Hall–Kier alpha value is -0.770. The van der Waals surface area contributed by atoms with E-state index in [2.05, 4.69) is 30.1 Å². The summed E-state index contributed by atoms with van der Waals surface area (Å²) < 4.78 is 5.55. The molecule has 1 saturated heterocycles. The molecule has 1 heterocycles. The lowest BCUT2D eigenvalue weighted by Gasteiger charge is -2.36. The molecule has 1 aliphatic rings. The molecule has 1 aromatic rings. The Morgan fingerprint density at radius 3 is 2.60 bits per heavy atom. The molecule has 0 amide bonds. The molecule has 1 atom stereocenters. The molecule has 2 rings (SSSR count). The predicted molar refractivity (Wildman–Crippen MR) is 84.6 cm³/mol. The van der Waals surface area contributed by atoms with Crippen molar-refractivity contribution in [1.82, 2.24) is 10.2 Å². The highest BCUT2D eigenvalue weighted by molar-refractivity contribution is 6.30. The van der Waals surface area contributed by atoms with Crippen LogP contribution in [-0.2, 0) is 0 Å². The molecule has 1 N–H and O–H groups in total. The Bertz CT molecular complexity index is 430. The van der Waals surface area contributed by atoms with Gasteiger partial charge in [0.2, 0.25) is 0 Å². The normalized spacial score (nSPS) is 18.2. The zero-order valence-electron chi connectivity index (χ0n) is 12.7. The number of piperazine rings is 1. The van der Waals surface area contributed by atoms with Crippen molar-refractivity contribution in [2.24, 2.45) is 5.92 Å². The van der Waals surface area contributed by atoms with Crippen LogP contribution < -0.4 is 10.1 Å². The minimum atomic E-state index is 0.380. The lowest BCUT2D eigenvalue weighted by Crippen LogP contribution is -2.45. The lowest BCUT2D eigenvalue weighted by molar-refractivity contribution is 0.151. The maximum absolute atomic E-state index is 6.21. The molecule has 0 aromatic heterocycles. The summed E-state index contributed by atoms with van der Waals surface area (Å²) in [6.07, 6.45) is 1.12. The van der Waals surface area contributed by atoms with Gasteiger partial charge in [-0.15, -0.1) is 0 Å². The van der Waals surface area contributed by atoms with Crippen molar-refractivity contribution in [3.8, 4) is 5.75 Å². The highest BCUT2D eigenvalue weighted by Crippen LogP contribution is 2.35. The number of hydrogen-bond acceptors (Lipinski definition) is 3. The molecule has 0 unspecified atom stereocenters. The number of rotatable bonds is 5. The summed E-state index contributed by atoms with van der Waals surface area (Å²) >= 11 is 6.21. The van der Waals surface area contributed by atoms with Crippen LogP contribution in [0.4, 0.5) is 0 Å². The summed E-state index contributed by atoms with van der Waals surface area (Å²) in [4.78, 5) is 2.55. The quantitative estimate of drug-likeness (QED) is 0.902. The van der Waals surface area contributed by atoms with Gasteiger partial charge in [-0.05, 0) is 30.5 Å². The van der Waals surface area contributed by atoms with E-state index in [0.717, 1.165) is 43.4 Å². The smallest absolute Gasteiger partial charge is 0.123 e. The topological polar surface area (TPSA) is 24.5 Å². The zero-order valence-corrected chi connectivity index (χ0v) is 13.4. The third kappa shape index (κ3) is 3.87. The van der Waals surface area contributed by atoms with Crippen molar-refractivity contribution in [3.63, 3.8) is 0 Å². The second kappa shape index (κ2) is 7.30. The van der Waals surface area contributed by atoms with Gasteiger partial charge in [0.25, 0.3) is 0 Å². The minimum absolute atomic E-state index is 0.380. The molecule has 1 aliphatic heterocycles. The van der Waals surface area contributed by atoms with E-state index >= 15 is 0 Å². The second-order valence-corrected chi connectivity index (χ2v) is 6.25. The van der Waals surface area contributed by atoms with E-state index in [1.54, 1.807) is 7.11 Å². The third-order valence-corrected chi connectivity index (χ3v) is 4.07. The molecule has 0 bridgehead atoms. The fraction of sp³-hybridized carbons (Fsp3) is 0.625. The van der Waals surface area contributed by atoms with E-state index < -0.39 is 0 Å². The van der Waals surface area contributed by atoms with E-state index in [0.29, 0.717) is 12.0 Å². The molecular formula is C16H25ClN2O. The molecule has 0 aliphatic carbocycles. The molecule has 3 nitrogen and oxygen atoms in total. The van der Waals surface area contributed by atoms with Gasteiger partial charge in [0, 0.05) is 42.8 Å². The van der Waals surface area contributed by atoms with Crippen LogP contribution in [0.2, 0.25) is 5.02 Å². The summed E-state index contributed by atoms with van der Waals surface area (Å²) in [6, 6.07) is 6.32. The van der Waals surface area contributed by atoms with Gasteiger partial charge in [0.05, 0.1) is 7.11 Å². The number of methoxy groups -OCH3 is 1. The van der Waals surface area contributed by atoms with Crippen molar-refractivity contribution in [2.45, 2.75) is 26.3 Å². The first-order valence-corrected chi connectivity index (χ1v) is 7.77. The van der Waals surface area contributed by atoms with Gasteiger partial charge in [-0.3, -0.25) is 4.90 Å². The second-order valence-electron chi connectivity index (χ2n) is 5.82. The minimum Gasteiger partial charge on any atom is -0.496 e. The lowest BCUT2D eigenvalue weighted by atomic mass is 9.94. The monoisotopic (exact) mass is 296 g/mol. The average molecular weight is 297 g/mol. The maximum atomic E-state index is 6.21. The van der Waals surface area contributed by atoms with Crippen LogP contribution in [0.15, 0.2) is 18.2 Å². The van der Waals surface area contributed by atoms with Gasteiger partial charge in [0.1, 0.15) is 5.75 Å². The average Bonchev–Trinajstić information content (AvgIpc) is 2.45.